The van der Waals surface area contributed by atoms with Crippen LogP contribution in [0.5, 0.6) is 0 Å². The molecule has 0 aliphatic rings. The predicted octanol–water partition coefficient (Wildman–Crippen LogP) is 4.21. The Labute approximate surface area is 188 Å². The number of halogens is 1. The molecule has 31 heavy (non-hydrogen) atoms. The summed E-state index contributed by atoms with van der Waals surface area (Å²) in [6.45, 7) is 5.96. The summed E-state index contributed by atoms with van der Waals surface area (Å²) in [7, 11) is 0. The lowest BCUT2D eigenvalue weighted by molar-refractivity contribution is -0.116. The van der Waals surface area contributed by atoms with Crippen molar-refractivity contribution in [3.63, 3.8) is 0 Å². The van der Waals surface area contributed by atoms with Gasteiger partial charge in [0.1, 0.15) is 5.69 Å². The van der Waals surface area contributed by atoms with E-state index in [4.69, 9.17) is 0 Å². The monoisotopic (exact) mass is 482 g/mol. The zero-order valence-electron chi connectivity index (χ0n) is 17.5. The normalized spacial score (nSPS) is 10.6. The molecule has 160 valence electrons. The van der Waals surface area contributed by atoms with Crippen LogP contribution < -0.4 is 16.2 Å². The summed E-state index contributed by atoms with van der Waals surface area (Å²) in [4.78, 5) is 37.0. The highest BCUT2D eigenvalue weighted by Gasteiger charge is 2.12. The van der Waals surface area contributed by atoms with Crippen LogP contribution in [0.2, 0.25) is 0 Å². The first kappa shape index (κ1) is 22.4. The van der Waals surface area contributed by atoms with E-state index in [1.807, 2.05) is 51.1 Å². The molecule has 8 heteroatoms. The first-order valence-electron chi connectivity index (χ1n) is 9.76. The topological polar surface area (TPSA) is 93.1 Å². The molecule has 2 aromatic carbocycles. The third-order valence-corrected chi connectivity index (χ3v) is 5.47. The van der Waals surface area contributed by atoms with E-state index in [0.29, 0.717) is 11.4 Å². The molecule has 1 aromatic heterocycles. The van der Waals surface area contributed by atoms with Gasteiger partial charge in [0, 0.05) is 22.6 Å². The van der Waals surface area contributed by atoms with Gasteiger partial charge in [-0.25, -0.2) is 4.68 Å². The molecule has 2 N–H and O–H groups in total. The van der Waals surface area contributed by atoms with Gasteiger partial charge in [-0.3, -0.25) is 14.4 Å². The Kier molecular flexibility index (Phi) is 7.02. The van der Waals surface area contributed by atoms with Crippen molar-refractivity contribution in [1.29, 1.82) is 0 Å². The van der Waals surface area contributed by atoms with Gasteiger partial charge in [-0.05, 0) is 83.7 Å². The van der Waals surface area contributed by atoms with Gasteiger partial charge in [0.25, 0.3) is 11.5 Å². The molecular weight excluding hydrogens is 460 g/mol. The summed E-state index contributed by atoms with van der Waals surface area (Å²) in [5.74, 6) is -0.687. The predicted molar refractivity (Wildman–Crippen MR) is 124 cm³/mol. The van der Waals surface area contributed by atoms with E-state index in [0.717, 1.165) is 25.8 Å². The number of carbonyl (C=O) groups excluding carboxylic acids is 2. The van der Waals surface area contributed by atoms with Gasteiger partial charge in [0.05, 0.1) is 12.2 Å². The number of hydrogen-bond acceptors (Lipinski definition) is 4. The lowest BCUT2D eigenvalue weighted by Gasteiger charge is -2.10. The van der Waals surface area contributed by atoms with Crippen LogP contribution in [0.25, 0.3) is 0 Å². The van der Waals surface area contributed by atoms with Crippen LogP contribution in [0.15, 0.2) is 57.8 Å². The first-order chi connectivity index (χ1) is 14.7. The van der Waals surface area contributed by atoms with Gasteiger partial charge in [-0.2, -0.15) is 5.10 Å². The van der Waals surface area contributed by atoms with Gasteiger partial charge in [0.2, 0.25) is 5.91 Å². The van der Waals surface area contributed by atoms with Gasteiger partial charge in [-0.1, -0.05) is 12.1 Å². The summed E-state index contributed by atoms with van der Waals surface area (Å²) in [6, 6.07) is 13.9. The second kappa shape index (κ2) is 9.70. The third kappa shape index (κ3) is 5.88. The summed E-state index contributed by atoms with van der Waals surface area (Å²) in [6.07, 6.45) is 0.0372. The number of anilines is 2. The zero-order valence-corrected chi connectivity index (χ0v) is 19.1. The van der Waals surface area contributed by atoms with Gasteiger partial charge in [0.15, 0.2) is 0 Å². The fraction of sp³-hybridized carbons (Fsp3) is 0.217. The van der Waals surface area contributed by atoms with Crippen LogP contribution in [0.1, 0.15) is 33.6 Å². The minimum Gasteiger partial charge on any atom is -0.325 e. The van der Waals surface area contributed by atoms with Gasteiger partial charge >= 0.3 is 0 Å². The van der Waals surface area contributed by atoms with Crippen molar-refractivity contribution >= 4 is 39.1 Å². The molecule has 0 unspecified atom stereocenters. The molecule has 2 amide bonds. The molecule has 7 nitrogen and oxygen atoms in total. The minimum absolute atomic E-state index is 0.0372. The maximum absolute atomic E-state index is 12.5. The van der Waals surface area contributed by atoms with Crippen molar-refractivity contribution in [3.05, 3.63) is 85.7 Å². The lowest BCUT2D eigenvalue weighted by Crippen LogP contribution is -2.28. The fourth-order valence-corrected chi connectivity index (χ4v) is 3.48. The maximum Gasteiger partial charge on any atom is 0.276 e. The number of benzene rings is 2. The maximum atomic E-state index is 12.5. The van der Waals surface area contributed by atoms with E-state index in [2.05, 4.69) is 31.7 Å². The molecule has 0 fully saturated rings. The Morgan fingerprint density at radius 1 is 0.968 bits per heavy atom. The number of aromatic nitrogens is 2. The Bertz CT molecular complexity index is 1200. The lowest BCUT2D eigenvalue weighted by atomic mass is 10.1. The summed E-state index contributed by atoms with van der Waals surface area (Å²) in [5.41, 5.74) is 4.26. The molecule has 0 saturated heterocycles. The van der Waals surface area contributed by atoms with Crippen LogP contribution in [-0.2, 0) is 11.3 Å². The van der Waals surface area contributed by atoms with Crippen LogP contribution in [-0.4, -0.2) is 21.6 Å². The van der Waals surface area contributed by atoms with Crippen molar-refractivity contribution in [1.82, 2.24) is 9.78 Å². The van der Waals surface area contributed by atoms with Crippen molar-refractivity contribution < 1.29 is 9.59 Å². The molecule has 0 aliphatic heterocycles. The van der Waals surface area contributed by atoms with Gasteiger partial charge in [-0.15, -0.1) is 0 Å². The molecule has 3 rings (SSSR count). The molecule has 1 heterocycles. The van der Waals surface area contributed by atoms with Gasteiger partial charge < -0.3 is 10.6 Å². The molecule has 0 atom stereocenters. The molecule has 0 saturated carbocycles. The van der Waals surface area contributed by atoms with Crippen molar-refractivity contribution in [2.75, 3.05) is 10.6 Å². The Balaban J connectivity index is 1.66. The number of hydrogen-bond donors (Lipinski definition) is 2. The Morgan fingerprint density at radius 3 is 2.45 bits per heavy atom. The molecule has 0 spiro atoms. The second-order valence-electron chi connectivity index (χ2n) is 7.31. The first-order valence-corrected chi connectivity index (χ1v) is 10.5. The number of aryl methyl sites for hydroxylation is 4. The SMILES string of the molecule is Cc1ccc(NC(=O)CCn2nc(C(=O)Nc3ccc(C)c(C)c3)ccc2=O)c(Br)c1. The second-order valence-corrected chi connectivity index (χ2v) is 8.17. The number of nitrogens with one attached hydrogen (secondary N) is 2. The molecular formula is C23H23BrN4O3. The van der Waals surface area contributed by atoms with E-state index in [9.17, 15) is 14.4 Å². The van der Waals surface area contributed by atoms with E-state index in [-0.39, 0.29) is 30.1 Å². The fourth-order valence-electron chi connectivity index (χ4n) is 2.89. The van der Waals surface area contributed by atoms with E-state index < -0.39 is 5.91 Å². The summed E-state index contributed by atoms with van der Waals surface area (Å²) < 4.78 is 1.90. The zero-order chi connectivity index (χ0) is 22.5. The highest BCUT2D eigenvalue weighted by atomic mass is 79.9. The van der Waals surface area contributed by atoms with Crippen LogP contribution in [0, 0.1) is 20.8 Å². The molecule has 0 bridgehead atoms. The van der Waals surface area contributed by atoms with Crippen LogP contribution >= 0.6 is 15.9 Å². The highest BCUT2D eigenvalue weighted by Crippen LogP contribution is 2.23. The number of rotatable bonds is 6. The molecule has 0 aliphatic carbocycles. The van der Waals surface area contributed by atoms with E-state index in [1.54, 1.807) is 6.07 Å². The molecule has 0 radical (unpaired) electrons. The number of nitrogens with zero attached hydrogens (tertiary/aromatic N) is 2. The van der Waals surface area contributed by atoms with Crippen molar-refractivity contribution in [2.45, 2.75) is 33.7 Å². The van der Waals surface area contributed by atoms with Crippen molar-refractivity contribution in [3.8, 4) is 0 Å². The largest absolute Gasteiger partial charge is 0.325 e. The smallest absolute Gasteiger partial charge is 0.276 e. The quantitative estimate of drug-likeness (QED) is 0.550. The minimum atomic E-state index is -0.426. The van der Waals surface area contributed by atoms with Crippen LogP contribution in [0.4, 0.5) is 11.4 Å². The summed E-state index contributed by atoms with van der Waals surface area (Å²) in [5, 5.41) is 9.70. The Hall–Kier alpha value is -3.26. The average Bonchev–Trinajstić information content (AvgIpc) is 2.72. The highest BCUT2D eigenvalue weighted by molar-refractivity contribution is 9.10. The van der Waals surface area contributed by atoms with Crippen LogP contribution in [0.3, 0.4) is 0 Å². The van der Waals surface area contributed by atoms with Crippen molar-refractivity contribution in [2.24, 2.45) is 0 Å². The number of carbonyl (C=O) groups is 2. The average molecular weight is 483 g/mol. The number of amides is 2. The standard InChI is InChI=1S/C23H23BrN4O3/c1-14-4-7-19(18(24)12-14)26-21(29)10-11-28-22(30)9-8-20(27-28)23(31)25-17-6-5-15(2)16(3)13-17/h4-9,12-13H,10-11H2,1-3H3,(H,25,31)(H,26,29). The third-order valence-electron chi connectivity index (χ3n) is 4.81. The van der Waals surface area contributed by atoms with E-state index in [1.165, 1.54) is 12.1 Å². The van der Waals surface area contributed by atoms with E-state index >= 15 is 0 Å². The molecule has 3 aromatic rings. The Morgan fingerprint density at radius 2 is 1.74 bits per heavy atom. The summed E-state index contributed by atoms with van der Waals surface area (Å²) >= 11 is 3.42.